The SMILES string of the molecule is C1CC2CC1O2.ClCCCOc1cccnc1. The molecule has 4 heteroatoms. The third-order valence-corrected chi connectivity index (χ3v) is 3.17. The van der Waals surface area contributed by atoms with Gasteiger partial charge in [-0.2, -0.15) is 0 Å². The molecule has 17 heavy (non-hydrogen) atoms. The van der Waals surface area contributed by atoms with E-state index in [4.69, 9.17) is 21.1 Å². The molecular formula is C13H18ClNO2. The summed E-state index contributed by atoms with van der Waals surface area (Å²) in [5.74, 6) is 1.44. The standard InChI is InChI=1S/C8H10ClNO.C5H8O/c9-4-2-6-11-8-3-1-5-10-7-8;1-2-5-3-4(1)6-5/h1,3,5,7H,2,4,6H2;4-5H,1-3H2. The van der Waals surface area contributed by atoms with E-state index in [0.717, 1.165) is 12.2 Å². The molecule has 0 radical (unpaired) electrons. The van der Waals surface area contributed by atoms with Crippen LogP contribution in [0.1, 0.15) is 25.7 Å². The Morgan fingerprint density at radius 3 is 2.65 bits per heavy atom. The van der Waals surface area contributed by atoms with Gasteiger partial charge < -0.3 is 9.47 Å². The highest BCUT2D eigenvalue weighted by molar-refractivity contribution is 6.17. The summed E-state index contributed by atoms with van der Waals surface area (Å²) in [5.41, 5.74) is 0. The molecule has 4 rings (SSSR count). The molecule has 3 fully saturated rings. The molecule has 0 aromatic carbocycles. The van der Waals surface area contributed by atoms with Crippen molar-refractivity contribution in [3.63, 3.8) is 0 Å². The number of hydrogen-bond donors (Lipinski definition) is 0. The fourth-order valence-electron chi connectivity index (χ4n) is 1.97. The zero-order valence-electron chi connectivity index (χ0n) is 9.85. The molecule has 0 spiro atoms. The highest BCUT2D eigenvalue weighted by Crippen LogP contribution is 2.36. The van der Waals surface area contributed by atoms with Gasteiger partial charge in [0.15, 0.2) is 0 Å². The van der Waals surface area contributed by atoms with E-state index < -0.39 is 0 Å². The Morgan fingerprint density at radius 2 is 2.18 bits per heavy atom. The van der Waals surface area contributed by atoms with Gasteiger partial charge in [0.2, 0.25) is 0 Å². The van der Waals surface area contributed by atoms with Crippen LogP contribution in [-0.4, -0.2) is 29.7 Å². The normalized spacial score (nSPS) is 24.5. The molecule has 1 aromatic heterocycles. The third-order valence-electron chi connectivity index (χ3n) is 2.90. The van der Waals surface area contributed by atoms with E-state index in [1.807, 2.05) is 12.1 Å². The van der Waals surface area contributed by atoms with Crippen molar-refractivity contribution in [1.29, 1.82) is 0 Å². The van der Waals surface area contributed by atoms with E-state index >= 15 is 0 Å². The molecule has 1 aliphatic carbocycles. The van der Waals surface area contributed by atoms with E-state index in [-0.39, 0.29) is 0 Å². The van der Waals surface area contributed by atoms with Crippen molar-refractivity contribution >= 4 is 11.6 Å². The zero-order chi connectivity index (χ0) is 11.9. The first kappa shape index (κ1) is 12.7. The molecule has 3 nitrogen and oxygen atoms in total. The van der Waals surface area contributed by atoms with Crippen molar-refractivity contribution in [2.24, 2.45) is 0 Å². The molecule has 2 aliphatic heterocycles. The van der Waals surface area contributed by atoms with E-state index in [9.17, 15) is 0 Å². The van der Waals surface area contributed by atoms with Crippen LogP contribution in [0.5, 0.6) is 5.75 Å². The molecule has 2 unspecified atom stereocenters. The first-order chi connectivity index (χ1) is 8.38. The van der Waals surface area contributed by atoms with Gasteiger partial charge in [0.1, 0.15) is 5.75 Å². The number of pyridine rings is 1. The van der Waals surface area contributed by atoms with Crippen molar-refractivity contribution in [3.05, 3.63) is 24.5 Å². The largest absolute Gasteiger partial charge is 0.492 e. The number of rotatable bonds is 4. The van der Waals surface area contributed by atoms with Gasteiger partial charge in [0.25, 0.3) is 0 Å². The van der Waals surface area contributed by atoms with Crippen LogP contribution >= 0.6 is 11.6 Å². The summed E-state index contributed by atoms with van der Waals surface area (Å²) < 4.78 is 10.5. The second-order valence-corrected chi connectivity index (χ2v) is 4.65. The fourth-order valence-corrected chi connectivity index (χ4v) is 2.08. The average Bonchev–Trinajstić information content (AvgIpc) is 2.95. The van der Waals surface area contributed by atoms with Gasteiger partial charge in [-0.15, -0.1) is 11.6 Å². The summed E-state index contributed by atoms with van der Waals surface area (Å²) in [5, 5.41) is 0. The molecule has 1 saturated carbocycles. The van der Waals surface area contributed by atoms with Gasteiger partial charge in [0, 0.05) is 12.1 Å². The number of ether oxygens (including phenoxy) is 2. The maximum atomic E-state index is 5.47. The molecule has 94 valence electrons. The number of alkyl halides is 1. The van der Waals surface area contributed by atoms with Crippen molar-refractivity contribution in [1.82, 2.24) is 4.98 Å². The number of halogens is 1. The molecule has 2 bridgehead atoms. The maximum Gasteiger partial charge on any atom is 0.137 e. The average molecular weight is 256 g/mol. The summed E-state index contributed by atoms with van der Waals surface area (Å²) in [6.07, 6.45) is 9.69. The minimum atomic E-state index is 0.639. The van der Waals surface area contributed by atoms with Crippen molar-refractivity contribution < 1.29 is 9.47 Å². The quantitative estimate of drug-likeness (QED) is 0.612. The van der Waals surface area contributed by atoms with E-state index in [0.29, 0.717) is 24.7 Å². The molecular weight excluding hydrogens is 238 g/mol. The summed E-state index contributed by atoms with van der Waals surface area (Å²) in [7, 11) is 0. The lowest BCUT2D eigenvalue weighted by Crippen LogP contribution is -2.25. The maximum absolute atomic E-state index is 5.47. The van der Waals surface area contributed by atoms with Gasteiger partial charge in [0.05, 0.1) is 25.0 Å². The minimum Gasteiger partial charge on any atom is -0.492 e. The lowest BCUT2D eigenvalue weighted by atomic mass is 10.2. The van der Waals surface area contributed by atoms with E-state index in [2.05, 4.69) is 4.98 Å². The summed E-state index contributed by atoms with van der Waals surface area (Å²) >= 11 is 5.47. The van der Waals surface area contributed by atoms with Crippen LogP contribution in [0.3, 0.4) is 0 Å². The molecule has 0 N–H and O–H groups in total. The van der Waals surface area contributed by atoms with Gasteiger partial charge in [-0.1, -0.05) is 0 Å². The monoisotopic (exact) mass is 255 g/mol. The van der Waals surface area contributed by atoms with Gasteiger partial charge in [-0.05, 0) is 37.8 Å². The number of aromatic nitrogens is 1. The van der Waals surface area contributed by atoms with Gasteiger partial charge in [-0.3, -0.25) is 4.98 Å². The van der Waals surface area contributed by atoms with E-state index in [1.54, 1.807) is 12.4 Å². The van der Waals surface area contributed by atoms with Crippen LogP contribution < -0.4 is 4.74 Å². The van der Waals surface area contributed by atoms with Crippen molar-refractivity contribution in [2.45, 2.75) is 37.9 Å². The fraction of sp³-hybridized carbons (Fsp3) is 0.615. The highest BCUT2D eigenvalue weighted by atomic mass is 35.5. The molecule has 2 saturated heterocycles. The summed E-state index contributed by atoms with van der Waals surface area (Å²) in [6.45, 7) is 0.662. The highest BCUT2D eigenvalue weighted by Gasteiger charge is 2.36. The molecule has 2 atom stereocenters. The second-order valence-electron chi connectivity index (χ2n) is 4.27. The molecule has 0 amide bonds. The van der Waals surface area contributed by atoms with Crippen LogP contribution in [0.25, 0.3) is 0 Å². The predicted molar refractivity (Wildman–Crippen MR) is 67.6 cm³/mol. The smallest absolute Gasteiger partial charge is 0.137 e. The zero-order valence-corrected chi connectivity index (χ0v) is 10.6. The second kappa shape index (κ2) is 6.82. The van der Waals surface area contributed by atoms with Crippen LogP contribution in [-0.2, 0) is 4.74 Å². The first-order valence-corrected chi connectivity index (χ1v) is 6.66. The Bertz CT molecular complexity index is 301. The topological polar surface area (TPSA) is 31.4 Å². The Hall–Kier alpha value is -0.800. The van der Waals surface area contributed by atoms with Crippen LogP contribution in [0.15, 0.2) is 24.5 Å². The Balaban J connectivity index is 0.000000148. The summed E-state index contributed by atoms with van der Waals surface area (Å²) in [4.78, 5) is 3.91. The molecule has 1 aromatic rings. The Labute approximate surface area is 107 Å². The molecule has 3 heterocycles. The van der Waals surface area contributed by atoms with Gasteiger partial charge in [-0.25, -0.2) is 0 Å². The Kier molecular flexibility index (Phi) is 5.08. The van der Waals surface area contributed by atoms with Crippen LogP contribution in [0.4, 0.5) is 0 Å². The lowest BCUT2D eigenvalue weighted by Gasteiger charge is -2.23. The molecule has 3 aliphatic rings. The number of nitrogens with zero attached hydrogens (tertiary/aromatic N) is 1. The first-order valence-electron chi connectivity index (χ1n) is 6.12. The third kappa shape index (κ3) is 4.17. The van der Waals surface area contributed by atoms with Crippen molar-refractivity contribution in [3.8, 4) is 5.75 Å². The van der Waals surface area contributed by atoms with Crippen LogP contribution in [0, 0.1) is 0 Å². The van der Waals surface area contributed by atoms with E-state index in [1.165, 1.54) is 19.3 Å². The predicted octanol–water partition coefficient (Wildman–Crippen LogP) is 3.03. The van der Waals surface area contributed by atoms with Crippen LogP contribution in [0.2, 0.25) is 0 Å². The van der Waals surface area contributed by atoms with Gasteiger partial charge >= 0.3 is 0 Å². The number of fused-ring (bicyclic) bond motifs is 1. The number of hydrogen-bond acceptors (Lipinski definition) is 3. The lowest BCUT2D eigenvalue weighted by molar-refractivity contribution is -0.0647. The Morgan fingerprint density at radius 1 is 1.41 bits per heavy atom. The van der Waals surface area contributed by atoms with Crippen molar-refractivity contribution in [2.75, 3.05) is 12.5 Å². The minimum absolute atomic E-state index is 0.639. The summed E-state index contributed by atoms with van der Waals surface area (Å²) in [6, 6.07) is 3.72.